The first-order chi connectivity index (χ1) is 10.8. The van der Waals surface area contributed by atoms with E-state index in [2.05, 4.69) is 31.6 Å². The van der Waals surface area contributed by atoms with Gasteiger partial charge in [-0.25, -0.2) is 0 Å². The number of hydrogen-bond donors (Lipinski definition) is 0. The van der Waals surface area contributed by atoms with Crippen LogP contribution in [0, 0.1) is 6.42 Å². The van der Waals surface area contributed by atoms with Gasteiger partial charge in [-0.05, 0) is 55.2 Å². The summed E-state index contributed by atoms with van der Waals surface area (Å²) >= 11 is 0. The number of hydrogen-bond acceptors (Lipinski definition) is 2. The molecule has 0 fully saturated rings. The van der Waals surface area contributed by atoms with E-state index < -0.39 is 0 Å². The lowest BCUT2D eigenvalue weighted by Crippen LogP contribution is -2.01. The summed E-state index contributed by atoms with van der Waals surface area (Å²) < 4.78 is 11.4. The van der Waals surface area contributed by atoms with Crippen molar-refractivity contribution in [1.82, 2.24) is 0 Å². The van der Waals surface area contributed by atoms with Crippen molar-refractivity contribution in [2.24, 2.45) is 0 Å². The highest BCUT2D eigenvalue weighted by Crippen LogP contribution is 2.33. The van der Waals surface area contributed by atoms with E-state index in [1.165, 1.54) is 5.57 Å². The van der Waals surface area contributed by atoms with E-state index in [1.807, 2.05) is 42.5 Å². The highest BCUT2D eigenvalue weighted by Gasteiger charge is 2.15. The minimum atomic E-state index is 0.831. The summed E-state index contributed by atoms with van der Waals surface area (Å²) in [6, 6.07) is 17.9. The van der Waals surface area contributed by atoms with Crippen LogP contribution in [0.15, 0.2) is 72.0 Å². The van der Waals surface area contributed by atoms with Crippen molar-refractivity contribution >= 4 is 5.57 Å². The van der Waals surface area contributed by atoms with E-state index in [1.54, 1.807) is 7.11 Å². The third kappa shape index (κ3) is 3.06. The van der Waals surface area contributed by atoms with E-state index in [-0.39, 0.29) is 0 Å². The van der Waals surface area contributed by atoms with Crippen molar-refractivity contribution in [2.45, 2.75) is 13.3 Å². The Kier molecular flexibility index (Phi) is 4.29. The molecule has 1 aliphatic carbocycles. The maximum atomic E-state index is 5.83. The molecule has 0 spiro atoms. The molecule has 2 nitrogen and oxygen atoms in total. The monoisotopic (exact) mass is 291 g/mol. The molecular weight excluding hydrogens is 272 g/mol. The van der Waals surface area contributed by atoms with E-state index in [0.29, 0.717) is 0 Å². The second-order valence-electron chi connectivity index (χ2n) is 5.21. The third-order valence-corrected chi connectivity index (χ3v) is 3.70. The average Bonchev–Trinajstić information content (AvgIpc) is 2.56. The maximum absolute atomic E-state index is 5.83. The van der Waals surface area contributed by atoms with E-state index in [0.717, 1.165) is 34.8 Å². The smallest absolute Gasteiger partial charge is 0.127 e. The summed E-state index contributed by atoms with van der Waals surface area (Å²) in [6.45, 7) is 2.08. The summed E-state index contributed by atoms with van der Waals surface area (Å²) in [5.74, 6) is 2.62. The largest absolute Gasteiger partial charge is 0.496 e. The molecule has 0 saturated heterocycles. The van der Waals surface area contributed by atoms with Crippen molar-refractivity contribution in [3.8, 4) is 11.5 Å². The number of rotatable bonds is 4. The lowest BCUT2D eigenvalue weighted by molar-refractivity contribution is 0.302. The lowest BCUT2D eigenvalue weighted by Gasteiger charge is -2.19. The highest BCUT2D eigenvalue weighted by molar-refractivity contribution is 5.78. The quantitative estimate of drug-likeness (QED) is 0.751. The number of ether oxygens (including phenoxy) is 2. The standard InChI is InChI=1S/C20H19O2/c1-15-7-6-10-19(20(15)21-2)16-11-13-18(14-12-16)22-17-8-4-3-5-9-17/h3-5,7-14H,6H2,1-2H3. The molecular formula is C20H19O2. The normalized spacial score (nSPS) is 14.5. The second-order valence-corrected chi connectivity index (χ2v) is 5.21. The van der Waals surface area contributed by atoms with E-state index in [9.17, 15) is 0 Å². The lowest BCUT2D eigenvalue weighted by atomic mass is 9.92. The van der Waals surface area contributed by atoms with Gasteiger partial charge in [0.05, 0.1) is 7.11 Å². The van der Waals surface area contributed by atoms with Crippen molar-refractivity contribution in [2.75, 3.05) is 7.11 Å². The Morgan fingerprint density at radius 2 is 1.55 bits per heavy atom. The van der Waals surface area contributed by atoms with Crippen LogP contribution < -0.4 is 4.74 Å². The number of methoxy groups -OCH3 is 1. The predicted molar refractivity (Wildman–Crippen MR) is 89.6 cm³/mol. The Bertz CT molecular complexity index is 694. The first-order valence-corrected chi connectivity index (χ1v) is 7.40. The number of para-hydroxylation sites is 1. The molecule has 2 aromatic carbocycles. The fraction of sp³-hybridized carbons (Fsp3) is 0.150. The van der Waals surface area contributed by atoms with Crippen LogP contribution in [0.2, 0.25) is 0 Å². The van der Waals surface area contributed by atoms with Gasteiger partial charge in [-0.3, -0.25) is 0 Å². The third-order valence-electron chi connectivity index (χ3n) is 3.70. The summed E-state index contributed by atoms with van der Waals surface area (Å²) in [5.41, 5.74) is 3.48. The predicted octanol–water partition coefficient (Wildman–Crippen LogP) is 5.39. The van der Waals surface area contributed by atoms with Crippen molar-refractivity contribution in [3.05, 3.63) is 84.0 Å². The number of allylic oxidation sites excluding steroid dienone is 3. The summed E-state index contributed by atoms with van der Waals surface area (Å²) in [6.07, 6.45) is 5.31. The van der Waals surface area contributed by atoms with Crippen LogP contribution in [0.25, 0.3) is 5.57 Å². The average molecular weight is 291 g/mol. The van der Waals surface area contributed by atoms with Crippen molar-refractivity contribution < 1.29 is 9.47 Å². The zero-order chi connectivity index (χ0) is 15.4. The van der Waals surface area contributed by atoms with Gasteiger partial charge in [0, 0.05) is 5.57 Å². The second kappa shape index (κ2) is 6.52. The highest BCUT2D eigenvalue weighted by atomic mass is 16.5. The Morgan fingerprint density at radius 3 is 2.23 bits per heavy atom. The maximum Gasteiger partial charge on any atom is 0.127 e. The molecule has 0 aromatic heterocycles. The first kappa shape index (κ1) is 14.5. The van der Waals surface area contributed by atoms with Gasteiger partial charge in [0.1, 0.15) is 17.3 Å². The van der Waals surface area contributed by atoms with Crippen LogP contribution >= 0.6 is 0 Å². The number of benzene rings is 2. The van der Waals surface area contributed by atoms with Gasteiger partial charge in [0.15, 0.2) is 0 Å². The Morgan fingerprint density at radius 1 is 0.864 bits per heavy atom. The van der Waals surface area contributed by atoms with Crippen LogP contribution in [0.3, 0.4) is 0 Å². The molecule has 0 unspecified atom stereocenters. The van der Waals surface area contributed by atoms with Gasteiger partial charge < -0.3 is 9.47 Å². The molecule has 2 heteroatoms. The topological polar surface area (TPSA) is 18.5 Å². The molecule has 0 amide bonds. The molecule has 3 rings (SSSR count). The molecule has 22 heavy (non-hydrogen) atoms. The zero-order valence-electron chi connectivity index (χ0n) is 12.9. The van der Waals surface area contributed by atoms with Gasteiger partial charge in [-0.2, -0.15) is 0 Å². The molecule has 0 aliphatic heterocycles. The minimum Gasteiger partial charge on any atom is -0.496 e. The molecule has 0 N–H and O–H groups in total. The van der Waals surface area contributed by atoms with Crippen molar-refractivity contribution in [1.29, 1.82) is 0 Å². The summed E-state index contributed by atoms with van der Waals surface area (Å²) in [7, 11) is 1.72. The Labute approximate surface area is 131 Å². The van der Waals surface area contributed by atoms with E-state index in [4.69, 9.17) is 9.47 Å². The molecule has 1 aliphatic rings. The molecule has 1 radical (unpaired) electrons. The molecule has 0 heterocycles. The van der Waals surface area contributed by atoms with Crippen LogP contribution in [0.5, 0.6) is 11.5 Å². The van der Waals surface area contributed by atoms with Crippen LogP contribution in [0.1, 0.15) is 18.9 Å². The minimum absolute atomic E-state index is 0.831. The first-order valence-electron chi connectivity index (χ1n) is 7.40. The fourth-order valence-electron chi connectivity index (χ4n) is 2.60. The van der Waals surface area contributed by atoms with Gasteiger partial charge in [-0.1, -0.05) is 36.4 Å². The molecule has 111 valence electrons. The summed E-state index contributed by atoms with van der Waals surface area (Å²) in [4.78, 5) is 0. The Balaban J connectivity index is 1.84. The van der Waals surface area contributed by atoms with Gasteiger partial charge >= 0.3 is 0 Å². The molecule has 2 aromatic rings. The fourth-order valence-corrected chi connectivity index (χ4v) is 2.60. The van der Waals surface area contributed by atoms with E-state index >= 15 is 0 Å². The van der Waals surface area contributed by atoms with Crippen LogP contribution in [0.4, 0.5) is 0 Å². The molecule has 0 atom stereocenters. The van der Waals surface area contributed by atoms with Crippen LogP contribution in [-0.4, -0.2) is 7.11 Å². The zero-order valence-corrected chi connectivity index (χ0v) is 12.9. The molecule has 0 bridgehead atoms. The van der Waals surface area contributed by atoms with Crippen molar-refractivity contribution in [3.63, 3.8) is 0 Å². The SMILES string of the molecule is COC1=C(c2ccc(Oc3ccccc3)cc2)[CH]CC=C1C. The van der Waals surface area contributed by atoms with Gasteiger partial charge in [-0.15, -0.1) is 0 Å². The molecule has 0 saturated carbocycles. The van der Waals surface area contributed by atoms with Gasteiger partial charge in [0.25, 0.3) is 0 Å². The Hall–Kier alpha value is -2.48. The summed E-state index contributed by atoms with van der Waals surface area (Å²) in [5, 5.41) is 0. The van der Waals surface area contributed by atoms with Gasteiger partial charge in [0.2, 0.25) is 0 Å². The van der Waals surface area contributed by atoms with Crippen LogP contribution in [-0.2, 0) is 4.74 Å².